The van der Waals surface area contributed by atoms with Gasteiger partial charge in [-0.25, -0.2) is 9.18 Å². The molecule has 0 aliphatic heterocycles. The number of carbonyl (C=O) groups is 1. The van der Waals surface area contributed by atoms with Crippen molar-refractivity contribution in [2.75, 3.05) is 6.54 Å². The van der Waals surface area contributed by atoms with Crippen LogP contribution in [0.15, 0.2) is 18.2 Å². The van der Waals surface area contributed by atoms with Gasteiger partial charge in [-0.05, 0) is 52.8 Å². The Morgan fingerprint density at radius 1 is 1.39 bits per heavy atom. The summed E-state index contributed by atoms with van der Waals surface area (Å²) in [6.07, 6.45) is -0.874. The molecule has 1 aromatic carbocycles. The van der Waals surface area contributed by atoms with E-state index in [4.69, 9.17) is 14.9 Å². The molecule has 0 aromatic heterocycles. The third-order valence-electron chi connectivity index (χ3n) is 2.61. The first-order valence-corrected chi connectivity index (χ1v) is 7.07. The van der Waals surface area contributed by atoms with Crippen molar-refractivity contribution in [3.8, 4) is 5.75 Å². The molecule has 1 rings (SSSR count). The number of rotatable bonds is 5. The highest BCUT2D eigenvalue weighted by atomic mass is 35.5. The Morgan fingerprint density at radius 2 is 2.00 bits per heavy atom. The van der Waals surface area contributed by atoms with Crippen LogP contribution in [0.25, 0.3) is 0 Å². The van der Waals surface area contributed by atoms with E-state index in [0.29, 0.717) is 11.3 Å². The van der Waals surface area contributed by atoms with Crippen molar-refractivity contribution < 1.29 is 18.7 Å². The van der Waals surface area contributed by atoms with Gasteiger partial charge in [0.15, 0.2) is 0 Å². The minimum atomic E-state index is -0.560. The number of hydrogen-bond donors (Lipinski definition) is 2. The largest absolute Gasteiger partial charge is 0.488 e. The predicted octanol–water partition coefficient (Wildman–Crippen LogP) is 3.93. The minimum absolute atomic E-state index is 0. The lowest BCUT2D eigenvalue weighted by Crippen LogP contribution is -2.37. The van der Waals surface area contributed by atoms with E-state index in [1.54, 1.807) is 34.6 Å². The fraction of sp³-hybridized carbons (Fsp3) is 0.500. The Bertz CT molecular complexity index is 559. The number of carbonyl (C=O) groups excluding carboxylic acids is 1. The number of amides is 1. The number of alkyl carbamates (subject to hydrolysis) is 1. The minimum Gasteiger partial charge on any atom is -0.488 e. The van der Waals surface area contributed by atoms with E-state index >= 15 is 0 Å². The summed E-state index contributed by atoms with van der Waals surface area (Å²) in [5.41, 5.74) is 0.0428. The SMILES string of the molecule is CC(=N)c1cc(F)ccc1O[C@@H](C)CNC(=O)OC(C)(C)C.Cl. The van der Waals surface area contributed by atoms with Crippen LogP contribution >= 0.6 is 12.4 Å². The quantitative estimate of drug-likeness (QED) is 0.793. The van der Waals surface area contributed by atoms with E-state index in [1.165, 1.54) is 18.2 Å². The van der Waals surface area contributed by atoms with Crippen molar-refractivity contribution in [3.05, 3.63) is 29.6 Å². The van der Waals surface area contributed by atoms with Gasteiger partial charge in [-0.2, -0.15) is 0 Å². The average molecular weight is 347 g/mol. The molecule has 0 radical (unpaired) electrons. The maximum atomic E-state index is 13.2. The molecule has 0 heterocycles. The molecule has 5 nitrogen and oxygen atoms in total. The van der Waals surface area contributed by atoms with Crippen molar-refractivity contribution in [3.63, 3.8) is 0 Å². The number of nitrogens with one attached hydrogen (secondary N) is 2. The van der Waals surface area contributed by atoms with Crippen LogP contribution in [0.5, 0.6) is 5.75 Å². The molecule has 7 heteroatoms. The Balaban J connectivity index is 0.00000484. The van der Waals surface area contributed by atoms with Crippen LogP contribution in [-0.4, -0.2) is 30.1 Å². The molecule has 0 saturated heterocycles. The molecule has 1 aromatic rings. The lowest BCUT2D eigenvalue weighted by atomic mass is 10.1. The molecular formula is C16H24ClFN2O3. The summed E-state index contributed by atoms with van der Waals surface area (Å²) in [6, 6.07) is 4.01. The summed E-state index contributed by atoms with van der Waals surface area (Å²) < 4.78 is 24.0. The normalized spacial score (nSPS) is 11.9. The fourth-order valence-corrected chi connectivity index (χ4v) is 1.70. The summed E-state index contributed by atoms with van der Waals surface area (Å²) >= 11 is 0. The van der Waals surface area contributed by atoms with Gasteiger partial charge in [0.25, 0.3) is 0 Å². The summed E-state index contributed by atoms with van der Waals surface area (Å²) in [5.74, 6) is -0.0131. The van der Waals surface area contributed by atoms with E-state index < -0.39 is 17.5 Å². The van der Waals surface area contributed by atoms with Crippen molar-refractivity contribution in [1.82, 2.24) is 5.32 Å². The smallest absolute Gasteiger partial charge is 0.407 e. The lowest BCUT2D eigenvalue weighted by Gasteiger charge is -2.21. The molecule has 0 bridgehead atoms. The standard InChI is InChI=1S/C16H23FN2O3.ClH/c1-10(9-19-15(20)22-16(3,4)5)21-14-7-6-12(17)8-13(14)11(2)18;/h6-8,10,18H,9H2,1-5H3,(H,19,20);1H/t10-;/m0./s1. The summed E-state index contributed by atoms with van der Waals surface area (Å²) in [6.45, 7) is 8.91. The van der Waals surface area contributed by atoms with Crippen LogP contribution < -0.4 is 10.1 Å². The maximum Gasteiger partial charge on any atom is 0.407 e. The van der Waals surface area contributed by atoms with E-state index in [-0.39, 0.29) is 30.8 Å². The summed E-state index contributed by atoms with van der Waals surface area (Å²) in [4.78, 5) is 11.6. The average Bonchev–Trinajstić information content (AvgIpc) is 2.36. The molecule has 1 amide bonds. The molecule has 0 unspecified atom stereocenters. The number of ether oxygens (including phenoxy) is 2. The molecule has 0 saturated carbocycles. The first kappa shape index (κ1) is 21.2. The third-order valence-corrected chi connectivity index (χ3v) is 2.61. The van der Waals surface area contributed by atoms with Gasteiger partial charge in [0.1, 0.15) is 23.3 Å². The van der Waals surface area contributed by atoms with Gasteiger partial charge in [0.2, 0.25) is 0 Å². The second-order valence-electron chi connectivity index (χ2n) is 6.08. The predicted molar refractivity (Wildman–Crippen MR) is 90.5 cm³/mol. The fourth-order valence-electron chi connectivity index (χ4n) is 1.70. The van der Waals surface area contributed by atoms with Gasteiger partial charge in [-0.3, -0.25) is 0 Å². The van der Waals surface area contributed by atoms with Crippen LogP contribution in [0.4, 0.5) is 9.18 Å². The molecule has 0 spiro atoms. The van der Waals surface area contributed by atoms with Crippen molar-refractivity contribution >= 4 is 24.2 Å². The van der Waals surface area contributed by atoms with Crippen LogP contribution in [0.1, 0.15) is 40.2 Å². The Labute approximate surface area is 142 Å². The van der Waals surface area contributed by atoms with Crippen LogP contribution in [0.2, 0.25) is 0 Å². The zero-order valence-electron chi connectivity index (χ0n) is 14.0. The monoisotopic (exact) mass is 346 g/mol. The number of benzene rings is 1. The molecule has 23 heavy (non-hydrogen) atoms. The number of hydrogen-bond acceptors (Lipinski definition) is 4. The Hall–Kier alpha value is -1.82. The second kappa shape index (κ2) is 8.72. The Kier molecular flexibility index (Phi) is 8.03. The van der Waals surface area contributed by atoms with Crippen LogP contribution in [-0.2, 0) is 4.74 Å². The third kappa shape index (κ3) is 7.83. The van der Waals surface area contributed by atoms with Crippen molar-refractivity contribution in [1.29, 1.82) is 5.41 Å². The summed E-state index contributed by atoms with van der Waals surface area (Å²) in [5, 5.41) is 10.3. The molecule has 0 aliphatic carbocycles. The van der Waals surface area contributed by atoms with Crippen molar-refractivity contribution in [2.24, 2.45) is 0 Å². The van der Waals surface area contributed by atoms with Gasteiger partial charge >= 0.3 is 6.09 Å². The van der Waals surface area contributed by atoms with Gasteiger partial charge in [-0.15, -0.1) is 12.4 Å². The molecule has 130 valence electrons. The second-order valence-corrected chi connectivity index (χ2v) is 6.08. The molecule has 1 atom stereocenters. The van der Waals surface area contributed by atoms with Gasteiger partial charge in [0, 0.05) is 11.3 Å². The molecule has 0 aliphatic rings. The maximum absolute atomic E-state index is 13.2. The van der Waals surface area contributed by atoms with Gasteiger partial charge < -0.3 is 20.2 Å². The zero-order chi connectivity index (χ0) is 16.9. The van der Waals surface area contributed by atoms with Gasteiger partial charge in [0.05, 0.1) is 6.54 Å². The zero-order valence-corrected chi connectivity index (χ0v) is 14.8. The lowest BCUT2D eigenvalue weighted by molar-refractivity contribution is 0.0505. The van der Waals surface area contributed by atoms with Gasteiger partial charge in [-0.1, -0.05) is 0 Å². The molecular weight excluding hydrogens is 323 g/mol. The topological polar surface area (TPSA) is 71.4 Å². The van der Waals surface area contributed by atoms with Crippen molar-refractivity contribution in [2.45, 2.75) is 46.3 Å². The van der Waals surface area contributed by atoms with E-state index in [2.05, 4.69) is 5.32 Å². The highest BCUT2D eigenvalue weighted by Crippen LogP contribution is 2.21. The highest BCUT2D eigenvalue weighted by molar-refractivity contribution is 5.98. The highest BCUT2D eigenvalue weighted by Gasteiger charge is 2.17. The first-order valence-electron chi connectivity index (χ1n) is 7.07. The molecule has 0 fully saturated rings. The van der Waals surface area contributed by atoms with Crippen LogP contribution in [0, 0.1) is 11.2 Å². The van der Waals surface area contributed by atoms with E-state index in [9.17, 15) is 9.18 Å². The molecule has 2 N–H and O–H groups in total. The first-order chi connectivity index (χ1) is 10.1. The van der Waals surface area contributed by atoms with E-state index in [0.717, 1.165) is 0 Å². The van der Waals surface area contributed by atoms with E-state index in [1.807, 2.05) is 0 Å². The summed E-state index contributed by atoms with van der Waals surface area (Å²) in [7, 11) is 0. The Morgan fingerprint density at radius 3 is 2.52 bits per heavy atom. The number of halogens is 2. The van der Waals surface area contributed by atoms with Crippen LogP contribution in [0.3, 0.4) is 0 Å².